The zero-order valence-electron chi connectivity index (χ0n) is 7.96. The molecule has 3 heteroatoms. The van der Waals surface area contributed by atoms with Crippen molar-refractivity contribution in [3.05, 3.63) is 28.4 Å². The van der Waals surface area contributed by atoms with Crippen LogP contribution in [0.5, 0.6) is 0 Å². The Balaban J connectivity index is 3.23. The molecule has 1 rings (SSSR count). The fraction of sp³-hybridized carbons (Fsp3) is 0.556. The second kappa shape index (κ2) is 2.73. The summed E-state index contributed by atoms with van der Waals surface area (Å²) < 4.78 is 1.93. The summed E-state index contributed by atoms with van der Waals surface area (Å²) in [4.78, 5) is 14.7. The molecule has 0 fully saturated rings. The van der Waals surface area contributed by atoms with E-state index < -0.39 is 0 Å². The first-order valence-electron chi connectivity index (χ1n) is 3.96. The van der Waals surface area contributed by atoms with Crippen molar-refractivity contribution >= 4 is 0 Å². The van der Waals surface area contributed by atoms with Gasteiger partial charge in [-0.05, 0) is 27.7 Å². The Hall–Kier alpha value is -1.12. The summed E-state index contributed by atoms with van der Waals surface area (Å²) in [5.74, 6) is 0. The zero-order chi connectivity index (χ0) is 9.35. The second-order valence-corrected chi connectivity index (χ2v) is 3.94. The highest BCUT2D eigenvalue weighted by molar-refractivity contribution is 5.02. The first kappa shape index (κ1) is 8.97. The average molecular weight is 166 g/mol. The van der Waals surface area contributed by atoms with Crippen LogP contribution >= 0.6 is 0 Å². The van der Waals surface area contributed by atoms with Crippen molar-refractivity contribution in [1.29, 1.82) is 0 Å². The zero-order valence-corrected chi connectivity index (χ0v) is 7.96. The molecule has 0 spiro atoms. The normalized spacial score (nSPS) is 11.7. The molecule has 0 aromatic carbocycles. The number of hydrogen-bond donors (Lipinski definition) is 0. The standard InChI is InChI=1S/C9H14N2O/c1-7-5-11(9(2,3)4)6-10-8(7)12/h5-6H,1-4H3. The van der Waals surface area contributed by atoms with Gasteiger partial charge in [0.15, 0.2) is 0 Å². The van der Waals surface area contributed by atoms with Crippen molar-refractivity contribution in [1.82, 2.24) is 9.55 Å². The lowest BCUT2D eigenvalue weighted by molar-refractivity contribution is 0.387. The predicted octanol–water partition coefficient (Wildman–Crippen LogP) is 1.31. The molecule has 0 N–H and O–H groups in total. The quantitative estimate of drug-likeness (QED) is 0.582. The van der Waals surface area contributed by atoms with Gasteiger partial charge in [-0.2, -0.15) is 4.98 Å². The summed E-state index contributed by atoms with van der Waals surface area (Å²) in [7, 11) is 0. The van der Waals surface area contributed by atoms with E-state index in [4.69, 9.17) is 0 Å². The maximum absolute atomic E-state index is 11.0. The third kappa shape index (κ3) is 1.72. The maximum Gasteiger partial charge on any atom is 0.275 e. The van der Waals surface area contributed by atoms with Gasteiger partial charge >= 0.3 is 0 Å². The molecule has 0 aliphatic heterocycles. The van der Waals surface area contributed by atoms with Crippen LogP contribution in [0.15, 0.2) is 17.3 Å². The van der Waals surface area contributed by atoms with Crippen molar-refractivity contribution in [2.75, 3.05) is 0 Å². The van der Waals surface area contributed by atoms with E-state index in [0.717, 1.165) is 0 Å². The molecular formula is C9H14N2O. The van der Waals surface area contributed by atoms with Gasteiger partial charge in [0.1, 0.15) is 0 Å². The van der Waals surface area contributed by atoms with Gasteiger partial charge in [-0.15, -0.1) is 0 Å². The number of hydrogen-bond acceptors (Lipinski definition) is 2. The lowest BCUT2D eigenvalue weighted by atomic mass is 10.1. The van der Waals surface area contributed by atoms with Crippen LogP contribution in [0, 0.1) is 6.92 Å². The van der Waals surface area contributed by atoms with E-state index in [9.17, 15) is 4.79 Å². The summed E-state index contributed by atoms with van der Waals surface area (Å²) in [6.07, 6.45) is 3.41. The van der Waals surface area contributed by atoms with E-state index in [1.807, 2.05) is 10.8 Å². The smallest absolute Gasteiger partial charge is 0.275 e. The van der Waals surface area contributed by atoms with Gasteiger partial charge in [-0.3, -0.25) is 4.79 Å². The van der Waals surface area contributed by atoms with Gasteiger partial charge in [0, 0.05) is 17.3 Å². The number of rotatable bonds is 0. The summed E-state index contributed by atoms with van der Waals surface area (Å²) in [5, 5.41) is 0. The summed E-state index contributed by atoms with van der Waals surface area (Å²) in [6.45, 7) is 7.98. The topological polar surface area (TPSA) is 34.9 Å². The minimum Gasteiger partial charge on any atom is -0.333 e. The number of aromatic nitrogens is 2. The molecule has 0 amide bonds. The van der Waals surface area contributed by atoms with Crippen LogP contribution in [-0.4, -0.2) is 9.55 Å². The monoisotopic (exact) mass is 166 g/mol. The lowest BCUT2D eigenvalue weighted by Crippen LogP contribution is -2.25. The fourth-order valence-electron chi connectivity index (χ4n) is 0.880. The third-order valence-corrected chi connectivity index (χ3v) is 1.74. The van der Waals surface area contributed by atoms with Crippen LogP contribution < -0.4 is 5.56 Å². The Bertz CT molecular complexity index is 333. The Kier molecular flexibility index (Phi) is 2.04. The van der Waals surface area contributed by atoms with Gasteiger partial charge in [-0.1, -0.05) is 0 Å². The van der Waals surface area contributed by atoms with Crippen LogP contribution in [0.25, 0.3) is 0 Å². The predicted molar refractivity (Wildman–Crippen MR) is 48.2 cm³/mol. The van der Waals surface area contributed by atoms with Gasteiger partial charge in [0.2, 0.25) is 0 Å². The van der Waals surface area contributed by atoms with Gasteiger partial charge in [0.05, 0.1) is 6.33 Å². The molecule has 66 valence electrons. The van der Waals surface area contributed by atoms with Crippen LogP contribution in [0.4, 0.5) is 0 Å². The molecule has 12 heavy (non-hydrogen) atoms. The minimum absolute atomic E-state index is 0.00847. The minimum atomic E-state index is -0.143. The highest BCUT2D eigenvalue weighted by atomic mass is 16.1. The Labute approximate surface area is 72.1 Å². The molecule has 3 nitrogen and oxygen atoms in total. The molecule has 1 aromatic rings. The molecule has 1 heterocycles. The SMILES string of the molecule is Cc1cn(C(C)(C)C)cnc1=O. The first-order valence-corrected chi connectivity index (χ1v) is 3.96. The van der Waals surface area contributed by atoms with Gasteiger partial charge in [-0.25, -0.2) is 0 Å². The highest BCUT2D eigenvalue weighted by Crippen LogP contribution is 2.11. The molecular weight excluding hydrogens is 152 g/mol. The molecule has 0 bridgehead atoms. The fourth-order valence-corrected chi connectivity index (χ4v) is 0.880. The highest BCUT2D eigenvalue weighted by Gasteiger charge is 2.11. The van der Waals surface area contributed by atoms with Crippen LogP contribution in [-0.2, 0) is 5.54 Å². The third-order valence-electron chi connectivity index (χ3n) is 1.74. The van der Waals surface area contributed by atoms with E-state index in [1.165, 1.54) is 0 Å². The molecule has 0 atom stereocenters. The molecule has 1 aromatic heterocycles. The Morgan fingerprint density at radius 2 is 2.00 bits per heavy atom. The second-order valence-electron chi connectivity index (χ2n) is 3.94. The van der Waals surface area contributed by atoms with E-state index in [2.05, 4.69) is 25.8 Å². The van der Waals surface area contributed by atoms with Crippen molar-refractivity contribution in [2.24, 2.45) is 0 Å². The molecule has 0 aliphatic rings. The molecule has 0 aliphatic carbocycles. The summed E-state index contributed by atoms with van der Waals surface area (Å²) >= 11 is 0. The molecule has 0 saturated heterocycles. The van der Waals surface area contributed by atoms with E-state index in [-0.39, 0.29) is 11.1 Å². The van der Waals surface area contributed by atoms with Crippen LogP contribution in [0.1, 0.15) is 26.3 Å². The van der Waals surface area contributed by atoms with Crippen molar-refractivity contribution in [3.8, 4) is 0 Å². The van der Waals surface area contributed by atoms with Crippen molar-refractivity contribution in [2.45, 2.75) is 33.2 Å². The van der Waals surface area contributed by atoms with Gasteiger partial charge < -0.3 is 4.57 Å². The van der Waals surface area contributed by atoms with Crippen LogP contribution in [0.2, 0.25) is 0 Å². The van der Waals surface area contributed by atoms with Crippen LogP contribution in [0.3, 0.4) is 0 Å². The van der Waals surface area contributed by atoms with Gasteiger partial charge in [0.25, 0.3) is 5.56 Å². The Morgan fingerprint density at radius 1 is 1.42 bits per heavy atom. The summed E-state index contributed by atoms with van der Waals surface area (Å²) in [6, 6.07) is 0. The summed E-state index contributed by atoms with van der Waals surface area (Å²) in [5.41, 5.74) is 0.536. The lowest BCUT2D eigenvalue weighted by Gasteiger charge is -2.22. The number of nitrogens with zero attached hydrogens (tertiary/aromatic N) is 2. The maximum atomic E-state index is 11.0. The Morgan fingerprint density at radius 3 is 2.42 bits per heavy atom. The van der Waals surface area contributed by atoms with E-state index in [0.29, 0.717) is 5.56 Å². The molecule has 0 radical (unpaired) electrons. The molecule has 0 unspecified atom stereocenters. The molecule has 0 saturated carbocycles. The largest absolute Gasteiger partial charge is 0.333 e. The number of aryl methyl sites for hydroxylation is 1. The van der Waals surface area contributed by atoms with Crippen molar-refractivity contribution < 1.29 is 0 Å². The average Bonchev–Trinajstić information content (AvgIpc) is 1.92. The van der Waals surface area contributed by atoms with E-state index in [1.54, 1.807) is 13.3 Å². The first-order chi connectivity index (χ1) is 5.41. The van der Waals surface area contributed by atoms with Crippen molar-refractivity contribution in [3.63, 3.8) is 0 Å². The van der Waals surface area contributed by atoms with E-state index >= 15 is 0 Å².